The molecule has 0 spiro atoms. The number of carbonyl (C=O) groups is 1. The molecule has 0 bridgehead atoms. The maximum absolute atomic E-state index is 12.6. The van der Waals surface area contributed by atoms with Crippen molar-refractivity contribution < 1.29 is 14.6 Å². The molecular weight excluding hydrogens is 406 g/mol. The van der Waals surface area contributed by atoms with Crippen molar-refractivity contribution in [1.29, 1.82) is 0 Å². The van der Waals surface area contributed by atoms with Gasteiger partial charge in [0.2, 0.25) is 0 Å². The second kappa shape index (κ2) is 8.34. The minimum absolute atomic E-state index is 0.168. The first-order valence-electron chi connectivity index (χ1n) is 9.08. The summed E-state index contributed by atoms with van der Waals surface area (Å²) in [5, 5.41) is 10.2. The molecule has 1 N–H and O–H groups in total. The SMILES string of the molecule is O=C(O)c1cccc(-c2cc(Cl)ccc2OCCn2cnc3cnccc3c2=O)c1. The Bertz CT molecular complexity index is 1300. The van der Waals surface area contributed by atoms with Gasteiger partial charge in [-0.05, 0) is 42.0 Å². The van der Waals surface area contributed by atoms with Crippen molar-refractivity contribution in [3.05, 3.63) is 88.2 Å². The molecular formula is C22H16ClN3O4. The van der Waals surface area contributed by atoms with E-state index in [0.29, 0.717) is 39.3 Å². The van der Waals surface area contributed by atoms with Crippen LogP contribution in [0.4, 0.5) is 0 Å². The summed E-state index contributed by atoms with van der Waals surface area (Å²) >= 11 is 6.14. The first-order chi connectivity index (χ1) is 14.5. The van der Waals surface area contributed by atoms with E-state index >= 15 is 0 Å². The highest BCUT2D eigenvalue weighted by molar-refractivity contribution is 6.31. The molecule has 4 aromatic rings. The number of hydrogen-bond donors (Lipinski definition) is 1. The van der Waals surface area contributed by atoms with Crippen LogP contribution in [0.5, 0.6) is 5.75 Å². The molecule has 30 heavy (non-hydrogen) atoms. The van der Waals surface area contributed by atoms with E-state index in [9.17, 15) is 14.7 Å². The number of ether oxygens (including phenoxy) is 1. The van der Waals surface area contributed by atoms with Gasteiger partial charge in [-0.25, -0.2) is 9.78 Å². The number of rotatable bonds is 6. The Morgan fingerprint density at radius 1 is 1.17 bits per heavy atom. The number of benzene rings is 2. The molecule has 0 radical (unpaired) electrons. The van der Waals surface area contributed by atoms with Crippen LogP contribution in [0, 0.1) is 0 Å². The zero-order chi connectivity index (χ0) is 21.1. The fraction of sp³-hybridized carbons (Fsp3) is 0.0909. The smallest absolute Gasteiger partial charge is 0.335 e. The summed E-state index contributed by atoms with van der Waals surface area (Å²) < 4.78 is 7.39. The Hall–Kier alpha value is -3.71. The summed E-state index contributed by atoms with van der Waals surface area (Å²) in [6, 6.07) is 13.3. The van der Waals surface area contributed by atoms with Crippen LogP contribution in [0.3, 0.4) is 0 Å². The van der Waals surface area contributed by atoms with Crippen molar-refractivity contribution in [2.45, 2.75) is 6.54 Å². The Morgan fingerprint density at radius 3 is 2.87 bits per heavy atom. The van der Waals surface area contributed by atoms with Crippen LogP contribution < -0.4 is 10.3 Å². The Kier molecular flexibility index (Phi) is 5.45. The number of halogens is 1. The van der Waals surface area contributed by atoms with E-state index in [2.05, 4.69) is 9.97 Å². The molecule has 4 rings (SSSR count). The number of pyridine rings is 1. The maximum atomic E-state index is 12.6. The fourth-order valence-electron chi connectivity index (χ4n) is 3.10. The van der Waals surface area contributed by atoms with Gasteiger partial charge in [-0.15, -0.1) is 0 Å². The molecule has 0 saturated carbocycles. The molecule has 0 aliphatic rings. The minimum atomic E-state index is -1.01. The molecule has 0 aliphatic heterocycles. The molecule has 0 fully saturated rings. The van der Waals surface area contributed by atoms with Gasteiger partial charge in [0.25, 0.3) is 5.56 Å². The van der Waals surface area contributed by atoms with Gasteiger partial charge in [0, 0.05) is 16.8 Å². The van der Waals surface area contributed by atoms with Gasteiger partial charge in [0.1, 0.15) is 12.4 Å². The van der Waals surface area contributed by atoms with Crippen molar-refractivity contribution in [3.8, 4) is 16.9 Å². The van der Waals surface area contributed by atoms with Gasteiger partial charge in [-0.1, -0.05) is 23.7 Å². The molecule has 2 aromatic heterocycles. The van der Waals surface area contributed by atoms with Crippen molar-refractivity contribution in [2.24, 2.45) is 0 Å². The van der Waals surface area contributed by atoms with E-state index in [4.69, 9.17) is 16.3 Å². The predicted molar refractivity (Wildman–Crippen MR) is 113 cm³/mol. The van der Waals surface area contributed by atoms with Gasteiger partial charge in [-0.2, -0.15) is 0 Å². The molecule has 150 valence electrons. The largest absolute Gasteiger partial charge is 0.491 e. The standard InChI is InChI=1S/C22H16ClN3O4/c23-16-4-5-20(18(11-16)14-2-1-3-15(10-14)22(28)29)30-9-8-26-13-25-19-12-24-7-6-17(19)21(26)27/h1-7,10-13H,8-9H2,(H,28,29). The van der Waals surface area contributed by atoms with Gasteiger partial charge in [-0.3, -0.25) is 14.3 Å². The van der Waals surface area contributed by atoms with Crippen LogP contribution >= 0.6 is 11.6 Å². The second-order valence-corrected chi connectivity index (χ2v) is 6.95. The van der Waals surface area contributed by atoms with Crippen LogP contribution in [-0.4, -0.2) is 32.2 Å². The summed E-state index contributed by atoms with van der Waals surface area (Å²) in [6.45, 7) is 0.507. The number of fused-ring (bicyclic) bond motifs is 1. The molecule has 0 unspecified atom stereocenters. The van der Waals surface area contributed by atoms with E-state index in [1.165, 1.54) is 17.0 Å². The molecule has 0 saturated heterocycles. The predicted octanol–water partition coefficient (Wildman–Crippen LogP) is 3.89. The van der Waals surface area contributed by atoms with Gasteiger partial charge in [0.05, 0.1) is 35.5 Å². The van der Waals surface area contributed by atoms with Crippen LogP contribution in [0.15, 0.2) is 72.0 Å². The maximum Gasteiger partial charge on any atom is 0.335 e. The van der Waals surface area contributed by atoms with E-state index in [0.717, 1.165) is 0 Å². The lowest BCUT2D eigenvalue weighted by atomic mass is 10.0. The minimum Gasteiger partial charge on any atom is -0.491 e. The lowest BCUT2D eigenvalue weighted by Crippen LogP contribution is -2.23. The molecule has 0 atom stereocenters. The number of aromatic carboxylic acids is 1. The topological polar surface area (TPSA) is 94.3 Å². The van der Waals surface area contributed by atoms with Crippen molar-refractivity contribution >= 4 is 28.5 Å². The first-order valence-corrected chi connectivity index (χ1v) is 9.46. The zero-order valence-corrected chi connectivity index (χ0v) is 16.4. The highest BCUT2D eigenvalue weighted by Crippen LogP contribution is 2.33. The first kappa shape index (κ1) is 19.6. The van der Waals surface area contributed by atoms with Crippen LogP contribution in [-0.2, 0) is 6.54 Å². The summed E-state index contributed by atoms with van der Waals surface area (Å²) in [4.78, 5) is 32.1. The Morgan fingerprint density at radius 2 is 2.03 bits per heavy atom. The fourth-order valence-corrected chi connectivity index (χ4v) is 3.27. The molecule has 2 aromatic carbocycles. The quantitative estimate of drug-likeness (QED) is 0.507. The molecule has 0 amide bonds. The van der Waals surface area contributed by atoms with Crippen LogP contribution in [0.2, 0.25) is 5.02 Å². The summed E-state index contributed by atoms with van der Waals surface area (Å²) in [5.74, 6) is -0.479. The number of carboxylic acids is 1. The number of carboxylic acid groups (broad SMARTS) is 1. The number of nitrogens with zero attached hydrogens (tertiary/aromatic N) is 3. The second-order valence-electron chi connectivity index (χ2n) is 6.51. The van der Waals surface area contributed by atoms with Crippen molar-refractivity contribution in [2.75, 3.05) is 6.61 Å². The Labute approximate surface area is 176 Å². The zero-order valence-electron chi connectivity index (χ0n) is 15.7. The molecule has 7 nitrogen and oxygen atoms in total. The monoisotopic (exact) mass is 421 g/mol. The average molecular weight is 422 g/mol. The average Bonchev–Trinajstić information content (AvgIpc) is 2.76. The Balaban J connectivity index is 1.58. The van der Waals surface area contributed by atoms with Gasteiger partial charge < -0.3 is 9.84 Å². The normalized spacial score (nSPS) is 10.8. The third kappa shape index (κ3) is 4.01. The van der Waals surface area contributed by atoms with E-state index < -0.39 is 5.97 Å². The molecule has 2 heterocycles. The van der Waals surface area contributed by atoms with E-state index in [1.807, 2.05) is 0 Å². The number of aromatic nitrogens is 3. The summed E-state index contributed by atoms with van der Waals surface area (Å²) in [7, 11) is 0. The summed E-state index contributed by atoms with van der Waals surface area (Å²) in [6.07, 6.45) is 4.56. The summed E-state index contributed by atoms with van der Waals surface area (Å²) in [5.41, 5.74) is 1.88. The number of hydrogen-bond acceptors (Lipinski definition) is 5. The van der Waals surface area contributed by atoms with Crippen LogP contribution in [0.25, 0.3) is 22.0 Å². The van der Waals surface area contributed by atoms with E-state index in [-0.39, 0.29) is 17.7 Å². The van der Waals surface area contributed by atoms with Gasteiger partial charge >= 0.3 is 5.97 Å². The van der Waals surface area contributed by atoms with Crippen LogP contribution in [0.1, 0.15) is 10.4 Å². The molecule has 8 heteroatoms. The lowest BCUT2D eigenvalue weighted by Gasteiger charge is -2.13. The third-order valence-corrected chi connectivity index (χ3v) is 4.81. The highest BCUT2D eigenvalue weighted by atomic mass is 35.5. The van der Waals surface area contributed by atoms with Crippen molar-refractivity contribution in [3.63, 3.8) is 0 Å². The lowest BCUT2D eigenvalue weighted by molar-refractivity contribution is 0.0697. The highest BCUT2D eigenvalue weighted by Gasteiger charge is 2.11. The third-order valence-electron chi connectivity index (χ3n) is 4.58. The van der Waals surface area contributed by atoms with E-state index in [1.54, 1.807) is 54.9 Å². The van der Waals surface area contributed by atoms with Gasteiger partial charge in [0.15, 0.2) is 0 Å². The van der Waals surface area contributed by atoms with Crippen molar-refractivity contribution in [1.82, 2.24) is 14.5 Å². The molecule has 0 aliphatic carbocycles.